The lowest BCUT2D eigenvalue weighted by Crippen LogP contribution is -2.48. The molecule has 2 heterocycles. The number of rotatable bonds is 3. The van der Waals surface area contributed by atoms with Crippen molar-refractivity contribution < 1.29 is 17.9 Å². The van der Waals surface area contributed by atoms with E-state index in [-0.39, 0.29) is 13.0 Å². The van der Waals surface area contributed by atoms with Crippen LogP contribution in [0.3, 0.4) is 0 Å². The lowest BCUT2D eigenvalue weighted by Gasteiger charge is -2.43. The maximum atomic E-state index is 13.3. The molecule has 3 atom stereocenters. The molecule has 1 saturated heterocycles. The van der Waals surface area contributed by atoms with Crippen molar-refractivity contribution in [1.29, 1.82) is 0 Å². The Hall–Kier alpha value is -1.60. The molecule has 0 amide bonds. The standard InChI is InChI=1S/C16H16Cl2F3N3O/c1-25-13-6-9(2-3-11(13)17)15-12(18)7-10(16(19,20)21)8-24(15)14-4-5-22-23-14/h2-6,10,12,15H,7-8H2,1H3,(H,22,23). The summed E-state index contributed by atoms with van der Waals surface area (Å²) in [7, 11) is 1.48. The Morgan fingerprint density at radius 2 is 2.08 bits per heavy atom. The average molecular weight is 394 g/mol. The molecule has 4 nitrogen and oxygen atoms in total. The molecule has 9 heteroatoms. The summed E-state index contributed by atoms with van der Waals surface area (Å²) in [4.78, 5) is 1.61. The zero-order chi connectivity index (χ0) is 18.2. The summed E-state index contributed by atoms with van der Waals surface area (Å²) in [6.45, 7) is -0.204. The molecule has 1 fully saturated rings. The van der Waals surface area contributed by atoms with E-state index in [0.717, 1.165) is 5.56 Å². The van der Waals surface area contributed by atoms with Gasteiger partial charge in [-0.3, -0.25) is 5.10 Å². The summed E-state index contributed by atoms with van der Waals surface area (Å²) in [5.74, 6) is -0.576. The number of aromatic nitrogens is 2. The van der Waals surface area contributed by atoms with Crippen LogP contribution in [0.5, 0.6) is 5.75 Å². The predicted octanol–water partition coefficient (Wildman–Crippen LogP) is 4.81. The van der Waals surface area contributed by atoms with E-state index in [0.29, 0.717) is 16.6 Å². The van der Waals surface area contributed by atoms with E-state index < -0.39 is 23.5 Å². The summed E-state index contributed by atoms with van der Waals surface area (Å²) >= 11 is 12.5. The monoisotopic (exact) mass is 393 g/mol. The number of hydrogen-bond acceptors (Lipinski definition) is 3. The third kappa shape index (κ3) is 3.67. The topological polar surface area (TPSA) is 41.1 Å². The second-order valence-corrected chi connectivity index (χ2v) is 6.89. The molecule has 1 aliphatic heterocycles. The van der Waals surface area contributed by atoms with Gasteiger partial charge in [0.25, 0.3) is 0 Å². The Morgan fingerprint density at radius 3 is 2.68 bits per heavy atom. The molecule has 136 valence electrons. The number of H-pyrrole nitrogens is 1. The molecule has 1 aliphatic rings. The van der Waals surface area contributed by atoms with Crippen LogP contribution in [-0.4, -0.2) is 35.4 Å². The zero-order valence-electron chi connectivity index (χ0n) is 13.2. The van der Waals surface area contributed by atoms with E-state index >= 15 is 0 Å². The molecule has 0 saturated carbocycles. The number of nitrogens with zero attached hydrogens (tertiary/aromatic N) is 2. The largest absolute Gasteiger partial charge is 0.495 e. The summed E-state index contributed by atoms with van der Waals surface area (Å²) in [5.41, 5.74) is 0.733. The molecule has 25 heavy (non-hydrogen) atoms. The van der Waals surface area contributed by atoms with Crippen LogP contribution < -0.4 is 9.64 Å². The molecular formula is C16H16Cl2F3N3O. The van der Waals surface area contributed by atoms with Crippen molar-refractivity contribution in [2.45, 2.75) is 24.0 Å². The summed E-state index contributed by atoms with van der Waals surface area (Å²) in [6, 6.07) is 6.27. The predicted molar refractivity (Wildman–Crippen MR) is 90.5 cm³/mol. The van der Waals surface area contributed by atoms with E-state index in [9.17, 15) is 13.2 Å². The van der Waals surface area contributed by atoms with Gasteiger partial charge in [-0.25, -0.2) is 0 Å². The number of methoxy groups -OCH3 is 1. The van der Waals surface area contributed by atoms with Gasteiger partial charge in [0.1, 0.15) is 11.6 Å². The Morgan fingerprint density at radius 1 is 1.32 bits per heavy atom. The van der Waals surface area contributed by atoms with E-state index in [1.807, 2.05) is 0 Å². The number of ether oxygens (including phenoxy) is 1. The first-order chi connectivity index (χ1) is 11.8. The van der Waals surface area contributed by atoms with Gasteiger partial charge in [-0.05, 0) is 24.1 Å². The summed E-state index contributed by atoms with van der Waals surface area (Å²) in [5, 5.41) is 6.26. The van der Waals surface area contributed by atoms with Crippen LogP contribution in [0.4, 0.5) is 19.0 Å². The van der Waals surface area contributed by atoms with Crippen LogP contribution in [0.2, 0.25) is 5.02 Å². The average Bonchev–Trinajstić information content (AvgIpc) is 3.08. The van der Waals surface area contributed by atoms with Crippen LogP contribution in [0.1, 0.15) is 18.0 Å². The Bertz CT molecular complexity index is 724. The molecule has 1 aromatic heterocycles. The van der Waals surface area contributed by atoms with Crippen molar-refractivity contribution in [3.63, 3.8) is 0 Å². The number of piperidine rings is 1. The fourth-order valence-corrected chi connectivity index (χ4v) is 3.86. The molecule has 2 aromatic rings. The molecule has 0 aliphatic carbocycles. The third-order valence-electron chi connectivity index (χ3n) is 4.38. The van der Waals surface area contributed by atoms with Crippen molar-refractivity contribution >= 4 is 29.0 Å². The summed E-state index contributed by atoms with van der Waals surface area (Å²) < 4.78 is 45.1. The minimum atomic E-state index is -4.31. The van der Waals surface area contributed by atoms with Crippen LogP contribution in [0.15, 0.2) is 30.5 Å². The van der Waals surface area contributed by atoms with Crippen molar-refractivity contribution in [3.8, 4) is 5.75 Å². The lowest BCUT2D eigenvalue weighted by atomic mass is 9.88. The van der Waals surface area contributed by atoms with Crippen molar-refractivity contribution in [2.75, 3.05) is 18.6 Å². The Kier molecular flexibility index (Phi) is 5.06. The molecule has 1 aromatic carbocycles. The van der Waals surface area contributed by atoms with Crippen molar-refractivity contribution in [3.05, 3.63) is 41.0 Å². The number of alkyl halides is 4. The van der Waals surface area contributed by atoms with Crippen molar-refractivity contribution in [1.82, 2.24) is 10.2 Å². The summed E-state index contributed by atoms with van der Waals surface area (Å²) in [6.07, 6.45) is -2.98. The molecule has 0 radical (unpaired) electrons. The molecule has 1 N–H and O–H groups in total. The van der Waals surface area contributed by atoms with E-state index in [1.54, 1.807) is 29.2 Å². The third-order valence-corrected chi connectivity index (χ3v) is 5.11. The number of halogens is 5. The second-order valence-electron chi connectivity index (χ2n) is 5.92. The van der Waals surface area contributed by atoms with E-state index in [1.165, 1.54) is 13.3 Å². The van der Waals surface area contributed by atoms with Gasteiger partial charge in [-0.15, -0.1) is 11.6 Å². The number of hydrogen-bond donors (Lipinski definition) is 1. The quantitative estimate of drug-likeness (QED) is 0.760. The minimum Gasteiger partial charge on any atom is -0.495 e. The lowest BCUT2D eigenvalue weighted by molar-refractivity contribution is -0.177. The normalized spacial score (nSPS) is 24.4. The highest BCUT2D eigenvalue weighted by Gasteiger charge is 2.48. The molecule has 0 spiro atoms. The van der Waals surface area contributed by atoms with Gasteiger partial charge in [-0.1, -0.05) is 17.7 Å². The number of aromatic amines is 1. The maximum absolute atomic E-state index is 13.3. The molecular weight excluding hydrogens is 378 g/mol. The minimum absolute atomic E-state index is 0.161. The second kappa shape index (κ2) is 6.96. The van der Waals surface area contributed by atoms with E-state index in [2.05, 4.69) is 10.2 Å². The first-order valence-corrected chi connectivity index (χ1v) is 8.43. The highest BCUT2D eigenvalue weighted by molar-refractivity contribution is 6.32. The molecule has 3 rings (SSSR count). The van der Waals surface area contributed by atoms with Crippen LogP contribution in [0.25, 0.3) is 0 Å². The van der Waals surface area contributed by atoms with Gasteiger partial charge in [-0.2, -0.15) is 18.3 Å². The SMILES string of the molecule is COc1cc(C2C(Cl)CC(C(F)(F)F)CN2c2ccn[nH]2)ccc1Cl. The van der Waals surface area contributed by atoms with Crippen LogP contribution in [0, 0.1) is 5.92 Å². The first kappa shape index (κ1) is 18.2. The van der Waals surface area contributed by atoms with Gasteiger partial charge in [0.2, 0.25) is 0 Å². The smallest absolute Gasteiger partial charge is 0.393 e. The number of anilines is 1. The Balaban J connectivity index is 2.01. The van der Waals surface area contributed by atoms with Gasteiger partial charge < -0.3 is 9.64 Å². The van der Waals surface area contributed by atoms with Crippen LogP contribution >= 0.6 is 23.2 Å². The zero-order valence-corrected chi connectivity index (χ0v) is 14.7. The van der Waals surface area contributed by atoms with Gasteiger partial charge in [0, 0.05) is 12.6 Å². The Labute approximate surface area is 152 Å². The van der Waals surface area contributed by atoms with E-state index in [4.69, 9.17) is 27.9 Å². The van der Waals surface area contributed by atoms with Crippen molar-refractivity contribution in [2.24, 2.45) is 5.92 Å². The van der Waals surface area contributed by atoms with Crippen LogP contribution in [-0.2, 0) is 0 Å². The fraction of sp³-hybridized carbons (Fsp3) is 0.438. The fourth-order valence-electron chi connectivity index (χ4n) is 3.16. The highest BCUT2D eigenvalue weighted by Crippen LogP contribution is 2.45. The first-order valence-electron chi connectivity index (χ1n) is 7.61. The maximum Gasteiger partial charge on any atom is 0.393 e. The molecule has 0 bridgehead atoms. The van der Waals surface area contributed by atoms with Gasteiger partial charge in [0.05, 0.1) is 35.7 Å². The van der Waals surface area contributed by atoms with Gasteiger partial charge in [0.15, 0.2) is 0 Å². The molecule has 3 unspecified atom stereocenters. The number of benzene rings is 1. The highest BCUT2D eigenvalue weighted by atomic mass is 35.5. The number of nitrogens with one attached hydrogen (secondary N) is 1. The van der Waals surface area contributed by atoms with Gasteiger partial charge >= 0.3 is 6.18 Å².